The van der Waals surface area contributed by atoms with Crippen molar-refractivity contribution in [3.05, 3.63) is 23.8 Å². The molecule has 4 nitrogen and oxygen atoms in total. The molecule has 12 heavy (non-hydrogen) atoms. The van der Waals surface area contributed by atoms with Crippen molar-refractivity contribution in [3.63, 3.8) is 0 Å². The molecule has 0 radical (unpaired) electrons. The lowest BCUT2D eigenvalue weighted by atomic mass is 10.2. The number of aryl methyl sites for hydroxylation is 1. The molecule has 1 rings (SSSR count). The number of sulfonamides is 1. The molecule has 66 valence electrons. The average Bonchev–Trinajstić information content (AvgIpc) is 1.92. The highest BCUT2D eigenvalue weighted by Gasteiger charge is 2.13. The molecule has 0 unspecified atom stereocenters. The minimum absolute atomic E-state index is 0.234. The number of primary sulfonamides is 1. The minimum atomic E-state index is -3.81. The molecule has 0 heterocycles. The van der Waals surface area contributed by atoms with E-state index in [9.17, 15) is 13.5 Å². The van der Waals surface area contributed by atoms with Crippen LogP contribution in [0.3, 0.4) is 0 Å². The van der Waals surface area contributed by atoms with Gasteiger partial charge in [-0.15, -0.1) is 0 Å². The van der Waals surface area contributed by atoms with E-state index in [-0.39, 0.29) is 10.6 Å². The van der Waals surface area contributed by atoms with Crippen LogP contribution in [0, 0.1) is 6.92 Å². The van der Waals surface area contributed by atoms with E-state index in [4.69, 9.17) is 5.14 Å². The van der Waals surface area contributed by atoms with E-state index >= 15 is 0 Å². The van der Waals surface area contributed by atoms with Crippen LogP contribution in [-0.4, -0.2) is 13.5 Å². The SMILES string of the molecule is Cc1cccc(S(N)(=O)=O)c1O. The van der Waals surface area contributed by atoms with Gasteiger partial charge in [0.15, 0.2) is 0 Å². The highest BCUT2D eigenvalue weighted by molar-refractivity contribution is 7.89. The third kappa shape index (κ3) is 1.57. The van der Waals surface area contributed by atoms with Gasteiger partial charge in [-0.05, 0) is 18.6 Å². The summed E-state index contributed by atoms with van der Waals surface area (Å²) in [5, 5.41) is 14.1. The normalized spacial score (nSPS) is 11.5. The second kappa shape index (κ2) is 2.76. The fourth-order valence-corrected chi connectivity index (χ4v) is 1.56. The molecule has 0 aromatic heterocycles. The van der Waals surface area contributed by atoms with Crippen molar-refractivity contribution in [1.82, 2.24) is 0 Å². The van der Waals surface area contributed by atoms with Gasteiger partial charge in [0.2, 0.25) is 10.0 Å². The first-order valence-corrected chi connectivity index (χ1v) is 4.79. The Bertz CT molecular complexity index is 397. The highest BCUT2D eigenvalue weighted by Crippen LogP contribution is 2.24. The summed E-state index contributed by atoms with van der Waals surface area (Å²) in [7, 11) is -3.81. The molecule has 0 spiro atoms. The second-order valence-electron chi connectivity index (χ2n) is 2.47. The summed E-state index contributed by atoms with van der Waals surface area (Å²) in [6, 6.07) is 4.39. The van der Waals surface area contributed by atoms with E-state index in [1.54, 1.807) is 13.0 Å². The number of aromatic hydroxyl groups is 1. The molecule has 0 amide bonds. The van der Waals surface area contributed by atoms with Crippen LogP contribution in [-0.2, 0) is 10.0 Å². The van der Waals surface area contributed by atoms with Gasteiger partial charge in [0.05, 0.1) is 0 Å². The van der Waals surface area contributed by atoms with Gasteiger partial charge in [-0.2, -0.15) is 0 Å². The lowest BCUT2D eigenvalue weighted by Crippen LogP contribution is -2.12. The summed E-state index contributed by atoms with van der Waals surface area (Å²) in [5.74, 6) is -0.278. The Balaban J connectivity index is 3.47. The zero-order chi connectivity index (χ0) is 9.35. The summed E-state index contributed by atoms with van der Waals surface area (Å²) >= 11 is 0. The second-order valence-corrected chi connectivity index (χ2v) is 4.00. The maximum absolute atomic E-state index is 10.8. The summed E-state index contributed by atoms with van der Waals surface area (Å²) < 4.78 is 21.6. The fraction of sp³-hybridized carbons (Fsp3) is 0.143. The lowest BCUT2D eigenvalue weighted by Gasteiger charge is -2.03. The third-order valence-electron chi connectivity index (χ3n) is 1.51. The van der Waals surface area contributed by atoms with Gasteiger partial charge >= 0.3 is 0 Å². The van der Waals surface area contributed by atoms with Crippen LogP contribution in [0.1, 0.15) is 5.56 Å². The van der Waals surface area contributed by atoms with Crippen LogP contribution < -0.4 is 5.14 Å². The van der Waals surface area contributed by atoms with Crippen LogP contribution in [0.5, 0.6) is 5.75 Å². The molecular formula is C7H9NO3S. The zero-order valence-electron chi connectivity index (χ0n) is 6.48. The van der Waals surface area contributed by atoms with Crippen molar-refractivity contribution in [3.8, 4) is 5.75 Å². The van der Waals surface area contributed by atoms with Crippen molar-refractivity contribution in [2.75, 3.05) is 0 Å². The smallest absolute Gasteiger partial charge is 0.241 e. The van der Waals surface area contributed by atoms with Crippen LogP contribution >= 0.6 is 0 Å². The highest BCUT2D eigenvalue weighted by atomic mass is 32.2. The van der Waals surface area contributed by atoms with Gasteiger partial charge in [0.1, 0.15) is 10.6 Å². The number of benzene rings is 1. The first kappa shape index (κ1) is 9.02. The standard InChI is InChI=1S/C7H9NO3S/c1-5-3-2-4-6(7(5)9)12(8,10)11/h2-4,9H,1H3,(H2,8,10,11). The Morgan fingerprint density at radius 2 is 2.00 bits per heavy atom. The summed E-state index contributed by atoms with van der Waals surface area (Å²) in [6.45, 7) is 1.60. The van der Waals surface area contributed by atoms with Crippen molar-refractivity contribution in [1.29, 1.82) is 0 Å². The number of phenolic OH excluding ortho intramolecular Hbond substituents is 1. The van der Waals surface area contributed by atoms with Gasteiger partial charge in [-0.3, -0.25) is 0 Å². The molecule has 0 fully saturated rings. The molecule has 0 atom stereocenters. The molecule has 5 heteroatoms. The fourth-order valence-electron chi connectivity index (χ4n) is 0.862. The van der Waals surface area contributed by atoms with Gasteiger partial charge in [-0.1, -0.05) is 12.1 Å². The van der Waals surface area contributed by atoms with E-state index in [2.05, 4.69) is 0 Å². The summed E-state index contributed by atoms with van der Waals surface area (Å²) in [5.41, 5.74) is 0.488. The van der Waals surface area contributed by atoms with Crippen molar-refractivity contribution in [2.45, 2.75) is 11.8 Å². The number of phenols is 1. The molecule has 0 saturated heterocycles. The molecule has 3 N–H and O–H groups in total. The number of rotatable bonds is 1. The van der Waals surface area contributed by atoms with Crippen molar-refractivity contribution >= 4 is 10.0 Å². The molecule has 1 aromatic carbocycles. The molecule has 0 saturated carbocycles. The minimum Gasteiger partial charge on any atom is -0.506 e. The largest absolute Gasteiger partial charge is 0.506 e. The molecular weight excluding hydrogens is 178 g/mol. The topological polar surface area (TPSA) is 80.4 Å². The predicted octanol–water partition coefficient (Wildman–Crippen LogP) is 0.348. The Morgan fingerprint density at radius 3 is 2.42 bits per heavy atom. The molecule has 0 aliphatic heterocycles. The Morgan fingerprint density at radius 1 is 1.42 bits per heavy atom. The first-order chi connectivity index (χ1) is 5.43. The van der Waals surface area contributed by atoms with Crippen molar-refractivity contribution < 1.29 is 13.5 Å². The van der Waals surface area contributed by atoms with Gasteiger partial charge in [0.25, 0.3) is 0 Å². The average molecular weight is 187 g/mol. The maximum Gasteiger partial charge on any atom is 0.241 e. The van der Waals surface area contributed by atoms with Crippen LogP contribution in [0.15, 0.2) is 23.1 Å². The third-order valence-corrected chi connectivity index (χ3v) is 2.45. The number of hydrogen-bond acceptors (Lipinski definition) is 3. The van der Waals surface area contributed by atoms with E-state index < -0.39 is 10.0 Å². The molecule has 0 bridgehead atoms. The van der Waals surface area contributed by atoms with Gasteiger partial charge in [0, 0.05) is 0 Å². The summed E-state index contributed by atoms with van der Waals surface area (Å²) in [4.78, 5) is -0.234. The van der Waals surface area contributed by atoms with E-state index in [1.807, 2.05) is 0 Å². The monoisotopic (exact) mass is 187 g/mol. The Kier molecular flexibility index (Phi) is 2.08. The molecule has 0 aliphatic rings. The molecule has 1 aromatic rings. The van der Waals surface area contributed by atoms with Crippen LogP contribution in [0.2, 0.25) is 0 Å². The van der Waals surface area contributed by atoms with Crippen LogP contribution in [0.25, 0.3) is 0 Å². The molecule has 0 aliphatic carbocycles. The Hall–Kier alpha value is -1.07. The van der Waals surface area contributed by atoms with Crippen molar-refractivity contribution in [2.24, 2.45) is 5.14 Å². The summed E-state index contributed by atoms with van der Waals surface area (Å²) in [6.07, 6.45) is 0. The zero-order valence-corrected chi connectivity index (χ0v) is 7.30. The Labute approximate surface area is 70.7 Å². The number of para-hydroxylation sites is 1. The van der Waals surface area contributed by atoms with E-state index in [1.165, 1.54) is 12.1 Å². The van der Waals surface area contributed by atoms with Gasteiger partial charge in [-0.25, -0.2) is 13.6 Å². The van der Waals surface area contributed by atoms with E-state index in [0.717, 1.165) is 0 Å². The predicted molar refractivity (Wildman–Crippen MR) is 44.2 cm³/mol. The quantitative estimate of drug-likeness (QED) is 0.665. The lowest BCUT2D eigenvalue weighted by molar-refractivity contribution is 0.454. The maximum atomic E-state index is 10.8. The number of hydrogen-bond donors (Lipinski definition) is 2. The number of nitrogens with two attached hydrogens (primary N) is 1. The first-order valence-electron chi connectivity index (χ1n) is 3.24. The van der Waals surface area contributed by atoms with E-state index in [0.29, 0.717) is 5.56 Å². The van der Waals surface area contributed by atoms with Gasteiger partial charge < -0.3 is 5.11 Å². The van der Waals surface area contributed by atoms with Crippen LogP contribution in [0.4, 0.5) is 0 Å².